The number of piperazine rings is 1. The molecule has 0 aromatic rings. The molecule has 62 heavy (non-hydrogen) atoms. The molecule has 0 aromatic heterocycles. The van der Waals surface area contributed by atoms with Crippen molar-refractivity contribution in [2.24, 2.45) is 0 Å². The predicted molar refractivity (Wildman–Crippen MR) is 259 cm³/mol. The first-order chi connectivity index (χ1) is 30.4. The van der Waals surface area contributed by atoms with Gasteiger partial charge in [-0.3, -0.25) is 24.1 Å². The second-order valence-corrected chi connectivity index (χ2v) is 18.1. The standard InChI is InChI=1S/C53H97N3O6/c1-4-7-10-12-14-16-18-20-22-24-26-28-30-32-35-41-50(57)61-46-44-56(43-38-37-40-49-53(60)54-48(52(59)55-49)39-34-9-6-3)45-47-62-51(58)42-36-33-31-29-27-25-23-21-19-17-15-13-11-8-5-2/h20-23,48-49H,4-19,24-47H2,1-3H3,(H,54,60)(H,55,59)/b22-20-,23-21-. The van der Waals surface area contributed by atoms with Crippen LogP contribution in [0.15, 0.2) is 24.3 Å². The van der Waals surface area contributed by atoms with Crippen LogP contribution in [-0.4, -0.2) is 73.6 Å². The van der Waals surface area contributed by atoms with Gasteiger partial charge < -0.3 is 20.1 Å². The second kappa shape index (κ2) is 43.6. The van der Waals surface area contributed by atoms with Crippen LogP contribution in [0.5, 0.6) is 0 Å². The number of ether oxygens (including phenoxy) is 2. The smallest absolute Gasteiger partial charge is 0.305 e. The van der Waals surface area contributed by atoms with Crippen molar-refractivity contribution in [1.82, 2.24) is 15.5 Å². The average Bonchev–Trinajstić information content (AvgIpc) is 3.26. The molecule has 9 heteroatoms. The Balaban J connectivity index is 2.32. The lowest BCUT2D eigenvalue weighted by Gasteiger charge is -2.30. The number of unbranched alkanes of at least 4 members (excludes halogenated alkanes) is 25. The van der Waals surface area contributed by atoms with Crippen molar-refractivity contribution in [3.63, 3.8) is 0 Å². The summed E-state index contributed by atoms with van der Waals surface area (Å²) in [6, 6.07) is -0.937. The molecule has 9 nitrogen and oxygen atoms in total. The number of esters is 2. The van der Waals surface area contributed by atoms with Gasteiger partial charge in [0.05, 0.1) is 0 Å². The van der Waals surface area contributed by atoms with Crippen LogP contribution < -0.4 is 10.6 Å². The van der Waals surface area contributed by atoms with Crippen molar-refractivity contribution in [3.8, 4) is 0 Å². The molecule has 1 aliphatic rings. The molecule has 1 heterocycles. The van der Waals surface area contributed by atoms with Gasteiger partial charge in [0.1, 0.15) is 25.3 Å². The predicted octanol–water partition coefficient (Wildman–Crippen LogP) is 13.2. The van der Waals surface area contributed by atoms with Crippen molar-refractivity contribution < 1.29 is 28.7 Å². The van der Waals surface area contributed by atoms with Crippen molar-refractivity contribution in [3.05, 3.63) is 24.3 Å². The van der Waals surface area contributed by atoms with Gasteiger partial charge in [-0.05, 0) is 96.4 Å². The fraction of sp³-hybridized carbons (Fsp3) is 0.849. The number of hydrogen-bond donors (Lipinski definition) is 2. The Morgan fingerprint density at radius 1 is 0.435 bits per heavy atom. The van der Waals surface area contributed by atoms with Gasteiger partial charge in [-0.25, -0.2) is 0 Å². The maximum atomic E-state index is 12.7. The largest absolute Gasteiger partial charge is 0.464 e. The molecular formula is C53H97N3O6. The van der Waals surface area contributed by atoms with E-state index < -0.39 is 12.1 Å². The monoisotopic (exact) mass is 872 g/mol. The summed E-state index contributed by atoms with van der Waals surface area (Å²) in [5.74, 6) is -0.485. The maximum Gasteiger partial charge on any atom is 0.305 e. The van der Waals surface area contributed by atoms with Gasteiger partial charge in [0.2, 0.25) is 11.8 Å². The molecule has 0 radical (unpaired) electrons. The number of allylic oxidation sites excluding steroid dienone is 4. The molecule has 0 aromatic carbocycles. The third-order valence-electron chi connectivity index (χ3n) is 12.2. The lowest BCUT2D eigenvalue weighted by Crippen LogP contribution is -2.61. The lowest BCUT2D eigenvalue weighted by atomic mass is 10.0. The van der Waals surface area contributed by atoms with Crippen LogP contribution in [0.1, 0.15) is 245 Å². The van der Waals surface area contributed by atoms with Crippen LogP contribution in [-0.2, 0) is 28.7 Å². The molecule has 0 saturated carbocycles. The highest BCUT2D eigenvalue weighted by Gasteiger charge is 2.32. The van der Waals surface area contributed by atoms with E-state index in [1.807, 2.05) is 0 Å². The Labute approximate surface area is 381 Å². The molecule has 1 saturated heterocycles. The van der Waals surface area contributed by atoms with Gasteiger partial charge >= 0.3 is 11.9 Å². The minimum Gasteiger partial charge on any atom is -0.464 e. The lowest BCUT2D eigenvalue weighted by molar-refractivity contribution is -0.144. The quantitative estimate of drug-likeness (QED) is 0.0356. The molecule has 1 aliphatic heterocycles. The van der Waals surface area contributed by atoms with Crippen LogP contribution >= 0.6 is 0 Å². The summed E-state index contributed by atoms with van der Waals surface area (Å²) in [5.41, 5.74) is 0. The molecule has 1 rings (SSSR count). The SMILES string of the molecule is CCCCCCCC/C=C\CCCCCCCC(=O)OCCN(CCCCC1NC(=O)C(CCCCC)NC1=O)CCOC(=O)CCCCCCC/C=C\CCCCCCCC. The van der Waals surface area contributed by atoms with E-state index in [0.29, 0.717) is 52.0 Å². The van der Waals surface area contributed by atoms with Crippen LogP contribution in [0, 0.1) is 0 Å². The number of carbonyl (C=O) groups is 4. The van der Waals surface area contributed by atoms with E-state index in [0.717, 1.165) is 90.0 Å². The summed E-state index contributed by atoms with van der Waals surface area (Å²) in [4.78, 5) is 52.6. The molecule has 0 spiro atoms. The van der Waals surface area contributed by atoms with E-state index in [-0.39, 0.29) is 23.8 Å². The summed E-state index contributed by atoms with van der Waals surface area (Å²) in [5, 5.41) is 5.86. The highest BCUT2D eigenvalue weighted by Crippen LogP contribution is 2.14. The first kappa shape index (κ1) is 57.3. The molecule has 2 unspecified atom stereocenters. The molecule has 0 bridgehead atoms. The van der Waals surface area contributed by atoms with Crippen LogP contribution in [0.25, 0.3) is 0 Å². The zero-order valence-electron chi connectivity index (χ0n) is 40.6. The molecule has 2 N–H and O–H groups in total. The van der Waals surface area contributed by atoms with Crippen LogP contribution in [0.4, 0.5) is 0 Å². The first-order valence-electron chi connectivity index (χ1n) is 26.4. The molecule has 2 atom stereocenters. The van der Waals surface area contributed by atoms with E-state index in [1.54, 1.807) is 0 Å². The molecule has 1 fully saturated rings. The minimum absolute atomic E-state index is 0.0838. The van der Waals surface area contributed by atoms with Gasteiger partial charge in [-0.1, -0.05) is 167 Å². The van der Waals surface area contributed by atoms with E-state index >= 15 is 0 Å². The van der Waals surface area contributed by atoms with Gasteiger partial charge in [0.15, 0.2) is 0 Å². The maximum absolute atomic E-state index is 12.7. The van der Waals surface area contributed by atoms with E-state index in [9.17, 15) is 19.2 Å². The van der Waals surface area contributed by atoms with Crippen molar-refractivity contribution in [2.45, 2.75) is 258 Å². The fourth-order valence-electron chi connectivity index (χ4n) is 8.10. The summed E-state index contributed by atoms with van der Waals surface area (Å²) in [7, 11) is 0. The fourth-order valence-corrected chi connectivity index (χ4v) is 8.10. The number of amides is 2. The minimum atomic E-state index is -0.506. The Kier molecular flexibility index (Phi) is 40.3. The zero-order valence-corrected chi connectivity index (χ0v) is 40.6. The number of hydrogen-bond acceptors (Lipinski definition) is 7. The topological polar surface area (TPSA) is 114 Å². The third kappa shape index (κ3) is 35.7. The van der Waals surface area contributed by atoms with Gasteiger partial charge in [0.25, 0.3) is 0 Å². The summed E-state index contributed by atoms with van der Waals surface area (Å²) >= 11 is 0. The highest BCUT2D eigenvalue weighted by atomic mass is 16.5. The summed E-state index contributed by atoms with van der Waals surface area (Å²) in [6.45, 7) is 9.09. The average molecular weight is 872 g/mol. The molecule has 0 aliphatic carbocycles. The first-order valence-corrected chi connectivity index (χ1v) is 26.4. The highest BCUT2D eigenvalue weighted by molar-refractivity contribution is 5.96. The van der Waals surface area contributed by atoms with E-state index in [4.69, 9.17) is 9.47 Å². The van der Waals surface area contributed by atoms with E-state index in [2.05, 4.69) is 60.6 Å². The number of nitrogens with one attached hydrogen (secondary N) is 2. The van der Waals surface area contributed by atoms with Crippen LogP contribution in [0.2, 0.25) is 0 Å². The Morgan fingerprint density at radius 3 is 1.15 bits per heavy atom. The van der Waals surface area contributed by atoms with Crippen molar-refractivity contribution in [2.75, 3.05) is 32.8 Å². The Morgan fingerprint density at radius 2 is 0.758 bits per heavy atom. The molecule has 2 amide bonds. The number of carbonyl (C=O) groups excluding carboxylic acids is 4. The Hall–Kier alpha value is -2.68. The second-order valence-electron chi connectivity index (χ2n) is 18.1. The van der Waals surface area contributed by atoms with Gasteiger partial charge in [0, 0.05) is 25.9 Å². The van der Waals surface area contributed by atoms with Gasteiger partial charge in [-0.15, -0.1) is 0 Å². The molecular weight excluding hydrogens is 775 g/mol. The third-order valence-corrected chi connectivity index (χ3v) is 12.2. The number of nitrogens with zero attached hydrogens (tertiary/aromatic N) is 1. The zero-order chi connectivity index (χ0) is 45.0. The van der Waals surface area contributed by atoms with Crippen molar-refractivity contribution in [1.29, 1.82) is 0 Å². The molecule has 360 valence electrons. The number of rotatable bonds is 45. The summed E-state index contributed by atoms with van der Waals surface area (Å²) < 4.78 is 11.3. The van der Waals surface area contributed by atoms with E-state index in [1.165, 1.54) is 116 Å². The van der Waals surface area contributed by atoms with Gasteiger partial charge in [-0.2, -0.15) is 0 Å². The Bertz CT molecular complexity index is 1080. The van der Waals surface area contributed by atoms with Crippen LogP contribution in [0.3, 0.4) is 0 Å². The van der Waals surface area contributed by atoms with Crippen molar-refractivity contribution >= 4 is 23.8 Å². The normalized spacial score (nSPS) is 15.5. The summed E-state index contributed by atoms with van der Waals surface area (Å²) in [6.07, 6.45) is 48.0.